The Labute approximate surface area is 142 Å². The molecule has 7 nitrogen and oxygen atoms in total. The number of anilines is 1. The van der Waals surface area contributed by atoms with E-state index in [0.717, 1.165) is 4.90 Å². The molecule has 1 amide bonds. The normalized spacial score (nSPS) is 14.6. The first kappa shape index (κ1) is 16.4. The Bertz CT molecular complexity index is 904. The van der Waals surface area contributed by atoms with Gasteiger partial charge in [0.2, 0.25) is 0 Å². The number of carbonyl (C=O) groups excluding carboxylic acids is 2. The molecule has 0 unspecified atom stereocenters. The van der Waals surface area contributed by atoms with Crippen LogP contribution in [0, 0.1) is 0 Å². The third-order valence-electron chi connectivity index (χ3n) is 3.78. The molecule has 0 aliphatic carbocycles. The molecule has 1 heterocycles. The second-order valence-electron chi connectivity index (χ2n) is 5.41. The van der Waals surface area contributed by atoms with Gasteiger partial charge in [-0.2, -0.15) is 0 Å². The SMILES string of the molecule is O=C(O)CN1C(=O)C(=NCC(=O)c2ccccc2O)c2ccccc21. The Hall–Kier alpha value is -3.48. The number of carboxylic acids is 1. The van der Waals surface area contributed by atoms with Crippen LogP contribution in [-0.4, -0.2) is 46.7 Å². The van der Waals surface area contributed by atoms with Crippen molar-refractivity contribution in [2.75, 3.05) is 18.0 Å². The Balaban J connectivity index is 1.90. The predicted molar refractivity (Wildman–Crippen MR) is 90.3 cm³/mol. The molecule has 0 atom stereocenters. The molecule has 126 valence electrons. The minimum Gasteiger partial charge on any atom is -0.507 e. The number of carboxylic acid groups (broad SMARTS) is 1. The van der Waals surface area contributed by atoms with Crippen molar-refractivity contribution in [2.24, 2.45) is 4.99 Å². The van der Waals surface area contributed by atoms with E-state index in [2.05, 4.69) is 4.99 Å². The van der Waals surface area contributed by atoms with E-state index in [1.807, 2.05) is 0 Å². The summed E-state index contributed by atoms with van der Waals surface area (Å²) in [5.41, 5.74) is 1.09. The number of fused-ring (bicyclic) bond motifs is 1. The van der Waals surface area contributed by atoms with Gasteiger partial charge in [-0.1, -0.05) is 30.3 Å². The summed E-state index contributed by atoms with van der Waals surface area (Å²) in [5, 5.41) is 18.7. The van der Waals surface area contributed by atoms with E-state index < -0.39 is 24.2 Å². The van der Waals surface area contributed by atoms with Gasteiger partial charge >= 0.3 is 5.97 Å². The average Bonchev–Trinajstić information content (AvgIpc) is 2.85. The fraction of sp³-hybridized carbons (Fsp3) is 0.111. The first-order chi connectivity index (χ1) is 12.0. The first-order valence-electron chi connectivity index (χ1n) is 7.47. The lowest BCUT2D eigenvalue weighted by Crippen LogP contribution is -2.35. The Morgan fingerprint density at radius 3 is 2.44 bits per heavy atom. The summed E-state index contributed by atoms with van der Waals surface area (Å²) in [6.45, 7) is -0.809. The second kappa shape index (κ2) is 6.56. The largest absolute Gasteiger partial charge is 0.507 e. The number of Topliss-reactive ketones (excluding diaryl/α,β-unsaturated/α-hetero) is 1. The quantitative estimate of drug-likeness (QED) is 0.803. The molecule has 2 aromatic rings. The average molecular weight is 338 g/mol. The van der Waals surface area contributed by atoms with Gasteiger partial charge in [0.25, 0.3) is 5.91 Å². The molecule has 25 heavy (non-hydrogen) atoms. The molecule has 0 bridgehead atoms. The van der Waals surface area contributed by atoms with Gasteiger partial charge in [0.05, 0.1) is 11.3 Å². The van der Waals surface area contributed by atoms with Crippen LogP contribution in [0.25, 0.3) is 0 Å². The third-order valence-corrected chi connectivity index (χ3v) is 3.78. The van der Waals surface area contributed by atoms with Crippen molar-refractivity contribution in [3.63, 3.8) is 0 Å². The van der Waals surface area contributed by atoms with Crippen molar-refractivity contribution >= 4 is 29.1 Å². The smallest absolute Gasteiger partial charge is 0.323 e. The maximum Gasteiger partial charge on any atom is 0.323 e. The molecule has 0 saturated carbocycles. The lowest BCUT2D eigenvalue weighted by atomic mass is 10.1. The number of ketones is 1. The summed E-state index contributed by atoms with van der Waals surface area (Å²) in [5.74, 6) is -2.30. The van der Waals surface area contributed by atoms with Gasteiger partial charge in [0.1, 0.15) is 24.6 Å². The molecule has 0 saturated heterocycles. The molecular weight excluding hydrogens is 324 g/mol. The lowest BCUT2D eigenvalue weighted by Gasteiger charge is -2.13. The predicted octanol–water partition coefficient (Wildman–Crippen LogP) is 1.50. The van der Waals surface area contributed by atoms with E-state index in [1.165, 1.54) is 12.1 Å². The number of phenols is 1. The Morgan fingerprint density at radius 2 is 1.72 bits per heavy atom. The molecule has 2 N–H and O–H groups in total. The number of phenolic OH excluding ortho intramolecular Hbond substituents is 1. The number of rotatable bonds is 5. The summed E-state index contributed by atoms with van der Waals surface area (Å²) >= 11 is 0. The van der Waals surface area contributed by atoms with Crippen molar-refractivity contribution in [3.8, 4) is 5.75 Å². The Kier molecular flexibility index (Phi) is 4.30. The maximum atomic E-state index is 12.5. The number of aliphatic carboxylic acids is 1. The van der Waals surface area contributed by atoms with Gasteiger partial charge in [0, 0.05) is 5.56 Å². The van der Waals surface area contributed by atoms with Crippen LogP contribution in [0.5, 0.6) is 5.75 Å². The standard InChI is InChI=1S/C18H14N2O5/c21-14-8-4-2-6-12(14)15(22)9-19-17-11-5-1-3-7-13(11)20(18(17)25)10-16(23)24/h1-8,21H,9-10H2,(H,23,24). The van der Waals surface area contributed by atoms with E-state index in [4.69, 9.17) is 5.11 Å². The number of hydrogen-bond acceptors (Lipinski definition) is 5. The monoisotopic (exact) mass is 338 g/mol. The lowest BCUT2D eigenvalue weighted by molar-refractivity contribution is -0.136. The van der Waals surface area contributed by atoms with Gasteiger partial charge in [-0.25, -0.2) is 0 Å². The van der Waals surface area contributed by atoms with E-state index in [1.54, 1.807) is 36.4 Å². The number of amides is 1. The second-order valence-corrected chi connectivity index (χ2v) is 5.41. The highest BCUT2D eigenvalue weighted by molar-refractivity contribution is 6.54. The van der Waals surface area contributed by atoms with Crippen LogP contribution < -0.4 is 4.90 Å². The molecule has 0 spiro atoms. The molecule has 3 rings (SSSR count). The van der Waals surface area contributed by atoms with Crippen LogP contribution >= 0.6 is 0 Å². The van der Waals surface area contributed by atoms with Gasteiger partial charge in [-0.15, -0.1) is 0 Å². The van der Waals surface area contributed by atoms with E-state index in [-0.39, 0.29) is 23.6 Å². The number of para-hydroxylation sites is 2. The zero-order valence-corrected chi connectivity index (χ0v) is 13.0. The summed E-state index contributed by atoms with van der Waals surface area (Å²) < 4.78 is 0. The van der Waals surface area contributed by atoms with E-state index in [9.17, 15) is 19.5 Å². The zero-order chi connectivity index (χ0) is 18.0. The molecule has 0 radical (unpaired) electrons. The van der Waals surface area contributed by atoms with Gasteiger partial charge < -0.3 is 10.2 Å². The fourth-order valence-electron chi connectivity index (χ4n) is 2.65. The number of nitrogens with zero attached hydrogens (tertiary/aromatic N) is 2. The van der Waals surface area contributed by atoms with Crippen molar-refractivity contribution in [1.29, 1.82) is 0 Å². The number of carbonyl (C=O) groups is 3. The third kappa shape index (κ3) is 3.12. The molecule has 1 aliphatic rings. The van der Waals surface area contributed by atoms with Crippen LogP contribution in [0.15, 0.2) is 53.5 Å². The van der Waals surface area contributed by atoms with Crippen molar-refractivity contribution in [2.45, 2.75) is 0 Å². The minimum absolute atomic E-state index is 0.0422. The Morgan fingerprint density at radius 1 is 1.04 bits per heavy atom. The first-order valence-corrected chi connectivity index (χ1v) is 7.47. The summed E-state index contributed by atoms with van der Waals surface area (Å²) in [6.07, 6.45) is 0. The van der Waals surface area contributed by atoms with E-state index in [0.29, 0.717) is 11.3 Å². The van der Waals surface area contributed by atoms with Crippen molar-refractivity contribution in [3.05, 3.63) is 59.7 Å². The molecule has 0 fully saturated rings. The van der Waals surface area contributed by atoms with Gasteiger partial charge in [-0.3, -0.25) is 24.3 Å². The molecule has 2 aromatic carbocycles. The van der Waals surface area contributed by atoms with Crippen LogP contribution in [0.3, 0.4) is 0 Å². The minimum atomic E-state index is -1.14. The summed E-state index contributed by atoms with van der Waals surface area (Å²) in [4.78, 5) is 40.9. The summed E-state index contributed by atoms with van der Waals surface area (Å²) in [7, 11) is 0. The molecule has 7 heteroatoms. The molecular formula is C18H14N2O5. The summed E-state index contributed by atoms with van der Waals surface area (Å²) in [6, 6.07) is 12.8. The fourth-order valence-corrected chi connectivity index (χ4v) is 2.65. The van der Waals surface area contributed by atoms with Crippen molar-refractivity contribution < 1.29 is 24.6 Å². The highest BCUT2D eigenvalue weighted by Gasteiger charge is 2.34. The molecule has 1 aliphatic heterocycles. The van der Waals surface area contributed by atoms with Crippen LogP contribution in [0.1, 0.15) is 15.9 Å². The van der Waals surface area contributed by atoms with Gasteiger partial charge in [0.15, 0.2) is 5.78 Å². The zero-order valence-electron chi connectivity index (χ0n) is 13.0. The highest BCUT2D eigenvalue weighted by Crippen LogP contribution is 2.29. The van der Waals surface area contributed by atoms with Crippen molar-refractivity contribution in [1.82, 2.24) is 0 Å². The topological polar surface area (TPSA) is 107 Å². The maximum absolute atomic E-state index is 12.5. The number of hydrogen-bond donors (Lipinski definition) is 2. The number of aliphatic imine (C=N–C) groups is 1. The van der Waals surface area contributed by atoms with Gasteiger partial charge in [-0.05, 0) is 18.2 Å². The van der Waals surface area contributed by atoms with E-state index >= 15 is 0 Å². The number of benzene rings is 2. The van der Waals surface area contributed by atoms with Crippen LogP contribution in [0.4, 0.5) is 5.69 Å². The van der Waals surface area contributed by atoms with Crippen LogP contribution in [0.2, 0.25) is 0 Å². The van der Waals surface area contributed by atoms with Crippen LogP contribution in [-0.2, 0) is 9.59 Å². The number of aromatic hydroxyl groups is 1. The highest BCUT2D eigenvalue weighted by atomic mass is 16.4. The molecule has 0 aromatic heterocycles.